The maximum absolute atomic E-state index is 2.50. The zero-order valence-electron chi connectivity index (χ0n) is 15.3. The van der Waals surface area contributed by atoms with Crippen LogP contribution < -0.4 is 16.8 Å². The zero-order valence-corrected chi connectivity index (χ0v) is 16.1. The van der Waals surface area contributed by atoms with Crippen molar-refractivity contribution in [2.45, 2.75) is 26.3 Å². The Balaban J connectivity index is 0.00000180. The molecule has 0 aliphatic rings. The van der Waals surface area contributed by atoms with Gasteiger partial charge in [-0.15, -0.1) is 0 Å². The van der Waals surface area contributed by atoms with Gasteiger partial charge in [-0.25, -0.2) is 8.97 Å². The number of benzene rings is 2. The quantitative estimate of drug-likeness (QED) is 0.427. The number of hydrogen-bond donors (Lipinski definition) is 0. The number of para-hydroxylation sites is 2. The number of aryl methyl sites for hydroxylation is 1. The first kappa shape index (κ1) is 17.6. The molecule has 0 amide bonds. The Morgan fingerprint density at radius 3 is 2.48 bits per heavy atom. The molecular weight excluding hydrogens is 354 g/mol. The molecule has 0 unspecified atom stereocenters. The minimum Gasteiger partial charge on any atom is -1.00 e. The van der Waals surface area contributed by atoms with E-state index in [0.29, 0.717) is 0 Å². The Morgan fingerprint density at radius 1 is 0.889 bits per heavy atom. The van der Waals surface area contributed by atoms with E-state index in [-0.39, 0.29) is 12.4 Å². The summed E-state index contributed by atoms with van der Waals surface area (Å²) in [5.41, 5.74) is 5.09. The van der Waals surface area contributed by atoms with Crippen molar-refractivity contribution in [1.82, 2.24) is 9.13 Å². The minimum absolute atomic E-state index is 0. The summed E-state index contributed by atoms with van der Waals surface area (Å²) in [4.78, 5) is 0. The first-order valence-corrected chi connectivity index (χ1v) is 9.35. The number of halogens is 1. The van der Waals surface area contributed by atoms with Crippen LogP contribution in [0.15, 0.2) is 79.4 Å². The third kappa shape index (κ3) is 2.79. The Hall–Kier alpha value is -2.78. The van der Waals surface area contributed by atoms with Crippen LogP contribution in [0, 0.1) is 0 Å². The molecule has 0 bridgehead atoms. The standard InChI is InChI=1S/C23H22N3.ClH/c1-2-3-14-26-21-12-8-7-11-19(21)20-13-15-24-17-25(16-22(24)23(20)26)18-9-5-4-6-10-18;/h4-13,15-17H,2-3,14H2,1H3;1H/q+1;/p-1. The van der Waals surface area contributed by atoms with E-state index in [1.807, 2.05) is 0 Å². The highest BCUT2D eigenvalue weighted by molar-refractivity contribution is 6.11. The van der Waals surface area contributed by atoms with E-state index in [1.54, 1.807) is 0 Å². The van der Waals surface area contributed by atoms with Gasteiger partial charge in [0.15, 0.2) is 5.52 Å². The van der Waals surface area contributed by atoms with Gasteiger partial charge in [0.05, 0.1) is 6.20 Å². The van der Waals surface area contributed by atoms with Gasteiger partial charge in [-0.3, -0.25) is 0 Å². The van der Waals surface area contributed by atoms with Gasteiger partial charge >= 0.3 is 0 Å². The van der Waals surface area contributed by atoms with Crippen LogP contribution in [-0.2, 0) is 6.54 Å². The van der Waals surface area contributed by atoms with Crippen LogP contribution in [0.3, 0.4) is 0 Å². The maximum Gasteiger partial charge on any atom is 0.254 e. The number of imidazole rings is 1. The van der Waals surface area contributed by atoms with Gasteiger partial charge in [0.25, 0.3) is 6.33 Å². The fourth-order valence-electron chi connectivity index (χ4n) is 3.95. The van der Waals surface area contributed by atoms with Gasteiger partial charge in [-0.1, -0.05) is 49.7 Å². The summed E-state index contributed by atoms with van der Waals surface area (Å²) in [6, 6.07) is 21.5. The van der Waals surface area contributed by atoms with E-state index in [4.69, 9.17) is 0 Å². The molecule has 0 saturated heterocycles. The predicted octanol–water partition coefficient (Wildman–Crippen LogP) is 2.13. The summed E-state index contributed by atoms with van der Waals surface area (Å²) < 4.78 is 6.94. The molecule has 3 aromatic heterocycles. The topological polar surface area (TPSA) is 14.0 Å². The van der Waals surface area contributed by atoms with Gasteiger partial charge in [0, 0.05) is 22.8 Å². The zero-order chi connectivity index (χ0) is 17.5. The average molecular weight is 376 g/mol. The summed E-state index contributed by atoms with van der Waals surface area (Å²) in [5.74, 6) is 0. The minimum atomic E-state index is 0. The largest absolute Gasteiger partial charge is 1.00 e. The molecular formula is C23H22ClN3. The highest BCUT2D eigenvalue weighted by Crippen LogP contribution is 2.31. The number of nitrogens with zero attached hydrogens (tertiary/aromatic N) is 3. The lowest BCUT2D eigenvalue weighted by atomic mass is 10.2. The third-order valence-electron chi connectivity index (χ3n) is 5.23. The van der Waals surface area contributed by atoms with E-state index in [0.717, 1.165) is 6.54 Å². The summed E-state index contributed by atoms with van der Waals surface area (Å²) in [5, 5.41) is 2.68. The molecule has 5 rings (SSSR count). The molecule has 0 radical (unpaired) electrons. The van der Waals surface area contributed by atoms with Crippen molar-refractivity contribution < 1.29 is 16.8 Å². The van der Waals surface area contributed by atoms with Gasteiger partial charge in [-0.05, 0) is 30.7 Å². The fraction of sp³-hybridized carbons (Fsp3) is 0.174. The lowest BCUT2D eigenvalue weighted by Gasteiger charge is -2.05. The summed E-state index contributed by atoms with van der Waals surface area (Å²) >= 11 is 0. The predicted molar refractivity (Wildman–Crippen MR) is 107 cm³/mol. The smallest absolute Gasteiger partial charge is 0.254 e. The lowest BCUT2D eigenvalue weighted by Crippen LogP contribution is -3.00. The van der Waals surface area contributed by atoms with E-state index >= 15 is 0 Å². The molecule has 0 aliphatic heterocycles. The van der Waals surface area contributed by atoms with Crippen molar-refractivity contribution in [3.8, 4) is 5.69 Å². The number of hydrogen-bond acceptors (Lipinski definition) is 0. The van der Waals surface area contributed by atoms with Crippen LogP contribution in [0.4, 0.5) is 0 Å². The molecule has 0 N–H and O–H groups in total. The highest BCUT2D eigenvalue weighted by Gasteiger charge is 2.18. The number of pyridine rings is 1. The molecule has 27 heavy (non-hydrogen) atoms. The van der Waals surface area contributed by atoms with Gasteiger partial charge in [0.2, 0.25) is 0 Å². The number of fused-ring (bicyclic) bond motifs is 5. The number of unbranched alkanes of at least 4 members (excludes halogenated alkanes) is 1. The van der Waals surface area contributed by atoms with Crippen LogP contribution in [0.5, 0.6) is 0 Å². The molecule has 0 aliphatic carbocycles. The first-order valence-electron chi connectivity index (χ1n) is 9.35. The van der Waals surface area contributed by atoms with Crippen molar-refractivity contribution >= 4 is 27.3 Å². The van der Waals surface area contributed by atoms with Gasteiger partial charge in [0.1, 0.15) is 17.4 Å². The summed E-state index contributed by atoms with van der Waals surface area (Å²) in [6.45, 7) is 3.31. The van der Waals surface area contributed by atoms with Gasteiger partial charge < -0.3 is 17.0 Å². The number of rotatable bonds is 4. The normalized spacial score (nSPS) is 11.3. The summed E-state index contributed by atoms with van der Waals surface area (Å²) in [7, 11) is 0. The lowest BCUT2D eigenvalue weighted by molar-refractivity contribution is -0.510. The Morgan fingerprint density at radius 2 is 1.67 bits per heavy atom. The Labute approximate surface area is 164 Å². The maximum atomic E-state index is 2.50. The molecule has 5 aromatic rings. The van der Waals surface area contributed by atoms with Crippen LogP contribution in [0.25, 0.3) is 33.0 Å². The van der Waals surface area contributed by atoms with Gasteiger partial charge in [-0.2, -0.15) is 0 Å². The van der Waals surface area contributed by atoms with Crippen molar-refractivity contribution in [3.05, 3.63) is 79.4 Å². The second kappa shape index (κ2) is 7.09. The van der Waals surface area contributed by atoms with Crippen LogP contribution in [0.2, 0.25) is 0 Å². The average Bonchev–Trinajstić information content (AvgIpc) is 3.26. The van der Waals surface area contributed by atoms with E-state index in [1.165, 1.54) is 45.9 Å². The second-order valence-corrected chi connectivity index (χ2v) is 6.88. The molecule has 0 saturated carbocycles. The van der Waals surface area contributed by atoms with Crippen molar-refractivity contribution in [2.75, 3.05) is 0 Å². The fourth-order valence-corrected chi connectivity index (χ4v) is 3.95. The molecule has 0 spiro atoms. The molecule has 0 atom stereocenters. The SMILES string of the molecule is CCCCn1c2ccccc2c2cc[n+]3cn(-c4ccccc4)cc3c21.[Cl-]. The summed E-state index contributed by atoms with van der Waals surface area (Å²) in [6.07, 6.45) is 8.97. The van der Waals surface area contributed by atoms with Crippen molar-refractivity contribution in [3.63, 3.8) is 0 Å². The van der Waals surface area contributed by atoms with Crippen LogP contribution >= 0.6 is 0 Å². The molecule has 3 heterocycles. The van der Waals surface area contributed by atoms with E-state index in [9.17, 15) is 0 Å². The van der Waals surface area contributed by atoms with Crippen LogP contribution in [0.1, 0.15) is 19.8 Å². The molecule has 2 aromatic carbocycles. The third-order valence-corrected chi connectivity index (χ3v) is 5.23. The Bertz CT molecular complexity index is 1220. The van der Waals surface area contributed by atoms with E-state index < -0.39 is 0 Å². The highest BCUT2D eigenvalue weighted by atomic mass is 35.5. The Kier molecular flexibility index (Phi) is 4.63. The van der Waals surface area contributed by atoms with Crippen LogP contribution in [-0.4, -0.2) is 9.13 Å². The van der Waals surface area contributed by atoms with Crippen molar-refractivity contribution in [1.29, 1.82) is 0 Å². The number of aromatic nitrogens is 3. The molecule has 136 valence electrons. The molecule has 3 nitrogen and oxygen atoms in total. The molecule has 4 heteroatoms. The van der Waals surface area contributed by atoms with E-state index in [2.05, 4.69) is 99.8 Å². The monoisotopic (exact) mass is 375 g/mol. The second-order valence-electron chi connectivity index (χ2n) is 6.88. The first-order chi connectivity index (χ1) is 12.9. The van der Waals surface area contributed by atoms with Crippen molar-refractivity contribution in [2.24, 2.45) is 0 Å². The molecule has 0 fully saturated rings.